The fourth-order valence-electron chi connectivity index (χ4n) is 1.38. The normalized spacial score (nSPS) is 12.7. The third-order valence-corrected chi connectivity index (χ3v) is 2.49. The summed E-state index contributed by atoms with van der Waals surface area (Å²) >= 11 is 0. The minimum Gasteiger partial charge on any atom is -0.313 e. The maximum atomic E-state index is 12.8. The number of rotatable bonds is 3. The third-order valence-electron chi connectivity index (χ3n) is 2.49. The molecule has 1 atom stereocenters. The van der Waals surface area contributed by atoms with Crippen LogP contribution in [0.3, 0.4) is 0 Å². The number of aromatic nitrogens is 3. The van der Waals surface area contributed by atoms with Crippen LogP contribution in [-0.2, 0) is 0 Å². The molecule has 4 nitrogen and oxygen atoms in total. The van der Waals surface area contributed by atoms with E-state index in [0.717, 1.165) is 11.8 Å². The number of pyridine rings is 1. The molecule has 84 valence electrons. The first-order valence-electron chi connectivity index (χ1n) is 5.04. The number of nitrogens with zero attached hydrogens (tertiary/aromatic N) is 3. The van der Waals surface area contributed by atoms with Crippen LogP contribution in [-0.4, -0.2) is 21.8 Å². The van der Waals surface area contributed by atoms with E-state index in [1.165, 1.54) is 10.9 Å². The number of nitrogens with one attached hydrogen (secondary N) is 1. The molecule has 0 spiro atoms. The molecule has 2 aromatic heterocycles. The van der Waals surface area contributed by atoms with Crippen LogP contribution in [0.4, 0.5) is 4.39 Å². The Labute approximate surface area is 93.1 Å². The summed E-state index contributed by atoms with van der Waals surface area (Å²) in [7, 11) is 1.89. The van der Waals surface area contributed by atoms with Gasteiger partial charge in [0.15, 0.2) is 11.6 Å². The van der Waals surface area contributed by atoms with Crippen molar-refractivity contribution in [3.8, 4) is 5.82 Å². The number of hydrogen-bond acceptors (Lipinski definition) is 3. The van der Waals surface area contributed by atoms with E-state index in [9.17, 15) is 4.39 Å². The second-order valence-corrected chi connectivity index (χ2v) is 3.56. The van der Waals surface area contributed by atoms with Gasteiger partial charge in [-0.05, 0) is 25.6 Å². The van der Waals surface area contributed by atoms with E-state index in [2.05, 4.69) is 15.4 Å². The molecule has 0 bridgehead atoms. The van der Waals surface area contributed by atoms with Crippen LogP contribution in [0.1, 0.15) is 18.5 Å². The Morgan fingerprint density at radius 3 is 2.69 bits per heavy atom. The molecule has 0 radical (unpaired) electrons. The minimum atomic E-state index is -0.366. The highest BCUT2D eigenvalue weighted by Gasteiger charge is 2.04. The maximum Gasteiger partial charge on any atom is 0.161 e. The van der Waals surface area contributed by atoms with Gasteiger partial charge in [-0.3, -0.25) is 0 Å². The molecule has 0 aliphatic carbocycles. The molecule has 5 heteroatoms. The lowest BCUT2D eigenvalue weighted by atomic mass is 10.1. The molecule has 0 saturated heterocycles. The summed E-state index contributed by atoms with van der Waals surface area (Å²) in [5, 5.41) is 6.97. The van der Waals surface area contributed by atoms with E-state index in [1.807, 2.05) is 26.1 Å². The number of hydrogen-bond donors (Lipinski definition) is 1. The van der Waals surface area contributed by atoms with Gasteiger partial charge in [0, 0.05) is 12.2 Å². The molecule has 2 aromatic rings. The van der Waals surface area contributed by atoms with Gasteiger partial charge in [0.05, 0.1) is 12.4 Å². The van der Waals surface area contributed by atoms with Crippen molar-refractivity contribution in [3.05, 3.63) is 42.1 Å². The summed E-state index contributed by atoms with van der Waals surface area (Å²) in [5.41, 5.74) is 1.08. The largest absolute Gasteiger partial charge is 0.313 e. The summed E-state index contributed by atoms with van der Waals surface area (Å²) in [4.78, 5) is 4.23. The fraction of sp³-hybridized carbons (Fsp3) is 0.273. The topological polar surface area (TPSA) is 42.7 Å². The molecular formula is C11H13FN4. The molecule has 0 amide bonds. The molecule has 16 heavy (non-hydrogen) atoms. The highest BCUT2D eigenvalue weighted by molar-refractivity contribution is 5.25. The van der Waals surface area contributed by atoms with Crippen molar-refractivity contribution >= 4 is 0 Å². The van der Waals surface area contributed by atoms with Gasteiger partial charge < -0.3 is 5.32 Å². The highest BCUT2D eigenvalue weighted by atomic mass is 19.1. The van der Waals surface area contributed by atoms with Crippen LogP contribution in [0.2, 0.25) is 0 Å². The van der Waals surface area contributed by atoms with Crippen LogP contribution in [0, 0.1) is 5.82 Å². The molecule has 1 N–H and O–H groups in total. The molecule has 0 aliphatic rings. The Bertz CT molecular complexity index is 463. The first-order chi connectivity index (χ1) is 7.70. The molecular weight excluding hydrogens is 207 g/mol. The van der Waals surface area contributed by atoms with Gasteiger partial charge >= 0.3 is 0 Å². The first kappa shape index (κ1) is 10.8. The van der Waals surface area contributed by atoms with Crippen molar-refractivity contribution in [1.82, 2.24) is 20.1 Å². The van der Waals surface area contributed by atoms with Crippen molar-refractivity contribution in [2.45, 2.75) is 13.0 Å². The predicted octanol–water partition coefficient (Wildman–Crippen LogP) is 1.69. The average molecular weight is 220 g/mol. The second kappa shape index (κ2) is 4.40. The molecule has 0 fully saturated rings. The van der Waals surface area contributed by atoms with Crippen molar-refractivity contribution in [2.24, 2.45) is 0 Å². The van der Waals surface area contributed by atoms with Gasteiger partial charge in [-0.2, -0.15) is 5.10 Å². The van der Waals surface area contributed by atoms with E-state index in [-0.39, 0.29) is 11.9 Å². The van der Waals surface area contributed by atoms with Crippen LogP contribution in [0.5, 0.6) is 0 Å². The van der Waals surface area contributed by atoms with Gasteiger partial charge in [0.2, 0.25) is 0 Å². The maximum absolute atomic E-state index is 12.8. The summed E-state index contributed by atoms with van der Waals surface area (Å²) in [5.74, 6) is 0.241. The van der Waals surface area contributed by atoms with E-state index in [1.54, 1.807) is 6.20 Å². The third kappa shape index (κ3) is 2.09. The quantitative estimate of drug-likeness (QED) is 0.855. The molecule has 2 rings (SSSR count). The first-order valence-corrected chi connectivity index (χ1v) is 5.04. The van der Waals surface area contributed by atoms with E-state index in [4.69, 9.17) is 0 Å². The van der Waals surface area contributed by atoms with Gasteiger partial charge in [0.25, 0.3) is 0 Å². The van der Waals surface area contributed by atoms with E-state index in [0.29, 0.717) is 5.82 Å². The highest BCUT2D eigenvalue weighted by Crippen LogP contribution is 2.12. The molecule has 2 heterocycles. The zero-order valence-electron chi connectivity index (χ0n) is 9.18. The monoisotopic (exact) mass is 220 g/mol. The SMILES string of the molecule is CN[C@@H](C)c1ccc(-n2cc(F)cn2)nc1. The van der Waals surface area contributed by atoms with Crippen LogP contribution < -0.4 is 5.32 Å². The average Bonchev–Trinajstić information content (AvgIpc) is 2.75. The van der Waals surface area contributed by atoms with Crippen molar-refractivity contribution in [2.75, 3.05) is 7.05 Å². The summed E-state index contributed by atoms with van der Waals surface area (Å²) in [6, 6.07) is 4.01. The van der Waals surface area contributed by atoms with Crippen molar-refractivity contribution < 1.29 is 4.39 Å². The van der Waals surface area contributed by atoms with Crippen molar-refractivity contribution in [1.29, 1.82) is 0 Å². The Kier molecular flexibility index (Phi) is 2.96. The minimum absolute atomic E-state index is 0.246. The Morgan fingerprint density at radius 1 is 1.38 bits per heavy atom. The summed E-state index contributed by atoms with van der Waals surface area (Å²) < 4.78 is 14.2. The van der Waals surface area contributed by atoms with Gasteiger partial charge in [0.1, 0.15) is 0 Å². The van der Waals surface area contributed by atoms with Gasteiger partial charge in [-0.15, -0.1) is 0 Å². The van der Waals surface area contributed by atoms with Crippen LogP contribution in [0.25, 0.3) is 5.82 Å². The standard InChI is InChI=1S/C11H13FN4/c1-8(13-2)9-3-4-11(14-5-9)16-7-10(12)6-15-16/h3-8,13H,1-2H3/t8-/m0/s1. The fourth-order valence-corrected chi connectivity index (χ4v) is 1.38. The Hall–Kier alpha value is -1.75. The lowest BCUT2D eigenvalue weighted by Gasteiger charge is -2.10. The zero-order chi connectivity index (χ0) is 11.5. The smallest absolute Gasteiger partial charge is 0.161 e. The zero-order valence-corrected chi connectivity index (χ0v) is 9.18. The molecule has 0 aliphatic heterocycles. The van der Waals surface area contributed by atoms with Crippen LogP contribution in [0.15, 0.2) is 30.7 Å². The second-order valence-electron chi connectivity index (χ2n) is 3.56. The summed E-state index contributed by atoms with van der Waals surface area (Å²) in [6.07, 6.45) is 4.21. The van der Waals surface area contributed by atoms with Gasteiger partial charge in [-0.1, -0.05) is 6.07 Å². The Morgan fingerprint density at radius 2 is 2.19 bits per heavy atom. The molecule has 0 unspecified atom stereocenters. The van der Waals surface area contributed by atoms with E-state index < -0.39 is 0 Å². The lowest BCUT2D eigenvalue weighted by molar-refractivity contribution is 0.626. The Balaban J connectivity index is 2.25. The number of halogens is 1. The van der Waals surface area contributed by atoms with Crippen LogP contribution >= 0.6 is 0 Å². The van der Waals surface area contributed by atoms with E-state index >= 15 is 0 Å². The lowest BCUT2D eigenvalue weighted by Crippen LogP contribution is -2.12. The van der Waals surface area contributed by atoms with Gasteiger partial charge in [-0.25, -0.2) is 14.1 Å². The summed E-state index contributed by atoms with van der Waals surface area (Å²) in [6.45, 7) is 2.05. The molecule has 0 aromatic carbocycles. The van der Waals surface area contributed by atoms with Crippen molar-refractivity contribution in [3.63, 3.8) is 0 Å². The predicted molar refractivity (Wildman–Crippen MR) is 58.8 cm³/mol. The molecule has 0 saturated carbocycles.